The number of hydrogen-bond acceptors (Lipinski definition) is 9. The zero-order valence-corrected chi connectivity index (χ0v) is 27.2. The number of aromatic nitrogens is 1. The topological polar surface area (TPSA) is 165 Å². The Hall–Kier alpha value is -5.27. The highest BCUT2D eigenvalue weighted by molar-refractivity contribution is 5.99. The molecule has 3 amide bonds. The van der Waals surface area contributed by atoms with Gasteiger partial charge in [0.15, 0.2) is 0 Å². The van der Waals surface area contributed by atoms with Crippen LogP contribution in [0.4, 0.5) is 9.18 Å². The van der Waals surface area contributed by atoms with Crippen molar-refractivity contribution in [2.24, 2.45) is 11.8 Å². The van der Waals surface area contributed by atoms with Gasteiger partial charge < -0.3 is 34.4 Å². The number of hydrogen-bond donors (Lipinski definition) is 2. The number of carbonyl (C=O) groups is 5. The molecule has 2 aromatic carbocycles. The second kappa shape index (κ2) is 16.0. The number of pyridine rings is 1. The summed E-state index contributed by atoms with van der Waals surface area (Å²) in [6.45, 7) is 6.48. The van der Waals surface area contributed by atoms with Gasteiger partial charge in [-0.2, -0.15) is 0 Å². The molecule has 2 heterocycles. The van der Waals surface area contributed by atoms with E-state index in [-0.39, 0.29) is 74.0 Å². The fourth-order valence-electron chi connectivity index (χ4n) is 5.22. The van der Waals surface area contributed by atoms with E-state index in [4.69, 9.17) is 14.2 Å². The Balaban J connectivity index is 1.47. The van der Waals surface area contributed by atoms with Gasteiger partial charge >= 0.3 is 18.0 Å². The van der Waals surface area contributed by atoms with Gasteiger partial charge in [0.25, 0.3) is 5.91 Å². The third-order valence-corrected chi connectivity index (χ3v) is 7.73. The van der Waals surface area contributed by atoms with Gasteiger partial charge in [0.1, 0.15) is 23.2 Å². The number of rotatable bonds is 12. The van der Waals surface area contributed by atoms with Gasteiger partial charge in [-0.25, -0.2) is 19.0 Å². The maximum Gasteiger partial charge on any atom is 0.409 e. The Bertz CT molecular complexity index is 1660. The monoisotopic (exact) mass is 666 g/mol. The number of amides is 3. The summed E-state index contributed by atoms with van der Waals surface area (Å²) >= 11 is 0. The molecule has 2 atom stereocenters. The van der Waals surface area contributed by atoms with Gasteiger partial charge in [0.2, 0.25) is 12.0 Å². The lowest BCUT2D eigenvalue weighted by molar-refractivity contribution is -0.154. The molecule has 0 saturated carbocycles. The second-order valence-corrected chi connectivity index (χ2v) is 11.8. The number of carboxylic acids is 1. The van der Waals surface area contributed by atoms with Crippen molar-refractivity contribution in [3.63, 3.8) is 0 Å². The lowest BCUT2D eigenvalue weighted by Crippen LogP contribution is -2.53. The molecule has 1 aliphatic rings. The molecule has 1 saturated heterocycles. The van der Waals surface area contributed by atoms with Crippen LogP contribution in [0.15, 0.2) is 48.5 Å². The van der Waals surface area contributed by atoms with Gasteiger partial charge in [0.05, 0.1) is 19.2 Å². The van der Waals surface area contributed by atoms with Crippen LogP contribution in [0, 0.1) is 24.6 Å². The van der Waals surface area contributed by atoms with Crippen molar-refractivity contribution in [1.82, 2.24) is 20.1 Å². The fourth-order valence-corrected chi connectivity index (χ4v) is 5.22. The highest BCUT2D eigenvalue weighted by Gasteiger charge is 2.34. The molecule has 0 spiro atoms. The number of benzene rings is 2. The van der Waals surface area contributed by atoms with Crippen molar-refractivity contribution >= 4 is 40.7 Å². The van der Waals surface area contributed by atoms with E-state index in [0.717, 1.165) is 13.2 Å². The van der Waals surface area contributed by atoms with Crippen molar-refractivity contribution in [1.29, 1.82) is 0 Å². The standard InChI is InChI=1S/C34H39FN4O9/c1-20(2)19-47-34(45)39-14-12-38(13-15-39)31(41)24(33(44)46-4)10-11-36-30(40)26-18-27(25-17-23(35)16-21(3)28(25)37-26)48-29(32(42)43)22-8-6-5-7-9-22/h5-9,16-18,20,24,29H,10-15,19H2,1-4H3,(H,36,40)(H,42,43). The quantitative estimate of drug-likeness (QED) is 0.215. The highest BCUT2D eigenvalue weighted by atomic mass is 19.1. The first-order valence-electron chi connectivity index (χ1n) is 15.5. The molecule has 0 aliphatic carbocycles. The third kappa shape index (κ3) is 8.75. The average Bonchev–Trinajstić information content (AvgIpc) is 3.07. The predicted molar refractivity (Wildman–Crippen MR) is 171 cm³/mol. The molecule has 1 aliphatic heterocycles. The number of piperazine rings is 1. The maximum absolute atomic E-state index is 14.4. The van der Waals surface area contributed by atoms with E-state index < -0.39 is 47.7 Å². The summed E-state index contributed by atoms with van der Waals surface area (Å²) in [5.74, 6) is -4.96. The number of esters is 1. The summed E-state index contributed by atoms with van der Waals surface area (Å²) in [6, 6.07) is 11.8. The molecule has 4 rings (SSSR count). The van der Waals surface area contributed by atoms with Gasteiger partial charge in [-0.15, -0.1) is 0 Å². The van der Waals surface area contributed by atoms with Gasteiger partial charge in [0, 0.05) is 49.7 Å². The number of halogens is 1. The first kappa shape index (κ1) is 35.6. The number of ether oxygens (including phenoxy) is 3. The van der Waals surface area contributed by atoms with Crippen LogP contribution < -0.4 is 10.1 Å². The molecule has 3 aromatic rings. The number of nitrogens with one attached hydrogen (secondary N) is 1. The van der Waals surface area contributed by atoms with Crippen LogP contribution in [0.5, 0.6) is 5.75 Å². The summed E-state index contributed by atoms with van der Waals surface area (Å²) in [4.78, 5) is 71.1. The first-order valence-corrected chi connectivity index (χ1v) is 15.5. The minimum Gasteiger partial charge on any atom is -0.478 e. The molecular weight excluding hydrogens is 627 g/mol. The predicted octanol–water partition coefficient (Wildman–Crippen LogP) is 3.73. The first-order chi connectivity index (χ1) is 22.9. The molecule has 0 radical (unpaired) electrons. The van der Waals surface area contributed by atoms with E-state index in [9.17, 15) is 33.5 Å². The van der Waals surface area contributed by atoms with Crippen molar-refractivity contribution < 1.29 is 47.7 Å². The Labute approximate surface area is 276 Å². The maximum atomic E-state index is 14.4. The van der Waals surface area contributed by atoms with Crippen LogP contribution in [0.2, 0.25) is 0 Å². The molecule has 48 heavy (non-hydrogen) atoms. The van der Waals surface area contributed by atoms with Crippen molar-refractivity contribution in [2.75, 3.05) is 46.4 Å². The molecule has 0 bridgehead atoms. The number of methoxy groups -OCH3 is 1. The molecule has 2 unspecified atom stereocenters. The molecule has 1 aromatic heterocycles. The van der Waals surface area contributed by atoms with E-state index in [1.807, 2.05) is 13.8 Å². The van der Waals surface area contributed by atoms with Crippen LogP contribution in [0.1, 0.15) is 48.0 Å². The fraction of sp³-hybridized carbons (Fsp3) is 0.412. The van der Waals surface area contributed by atoms with Crippen LogP contribution in [0.25, 0.3) is 10.9 Å². The van der Waals surface area contributed by atoms with E-state index in [1.54, 1.807) is 37.3 Å². The number of nitrogens with zero attached hydrogens (tertiary/aromatic N) is 3. The van der Waals surface area contributed by atoms with Crippen molar-refractivity contribution in [3.05, 3.63) is 71.2 Å². The minimum atomic E-state index is -1.46. The smallest absolute Gasteiger partial charge is 0.409 e. The summed E-state index contributed by atoms with van der Waals surface area (Å²) in [6.07, 6.45) is -2.02. The van der Waals surface area contributed by atoms with Gasteiger partial charge in [-0.3, -0.25) is 14.4 Å². The zero-order valence-electron chi connectivity index (χ0n) is 27.2. The van der Waals surface area contributed by atoms with Gasteiger partial charge in [-0.05, 0) is 37.0 Å². The van der Waals surface area contributed by atoms with Gasteiger partial charge in [-0.1, -0.05) is 44.2 Å². The number of carbonyl (C=O) groups excluding carboxylic acids is 4. The molecule has 13 nitrogen and oxygen atoms in total. The normalized spacial score (nSPS) is 14.3. The SMILES string of the molecule is COC(=O)C(CCNC(=O)c1cc(OC(C(=O)O)c2ccccc2)c2cc(F)cc(C)c2n1)C(=O)N1CCN(C(=O)OCC(C)C)CC1. The molecule has 256 valence electrons. The van der Waals surface area contributed by atoms with Crippen LogP contribution in [-0.2, 0) is 23.9 Å². The minimum absolute atomic E-state index is 0.0705. The van der Waals surface area contributed by atoms with E-state index in [1.165, 1.54) is 21.9 Å². The number of carboxylic acid groups (broad SMARTS) is 1. The van der Waals surface area contributed by atoms with E-state index in [2.05, 4.69) is 10.3 Å². The van der Waals surface area contributed by atoms with E-state index >= 15 is 0 Å². The lowest BCUT2D eigenvalue weighted by atomic mass is 10.0. The molecule has 1 fully saturated rings. The van der Waals surface area contributed by atoms with Crippen LogP contribution in [0.3, 0.4) is 0 Å². The molecule has 2 N–H and O–H groups in total. The Morgan fingerprint density at radius 3 is 2.29 bits per heavy atom. The number of fused-ring (bicyclic) bond motifs is 1. The van der Waals surface area contributed by atoms with Crippen molar-refractivity contribution in [2.45, 2.75) is 33.3 Å². The highest BCUT2D eigenvalue weighted by Crippen LogP contribution is 2.32. The average molecular weight is 667 g/mol. The summed E-state index contributed by atoms with van der Waals surface area (Å²) in [5, 5.41) is 12.7. The Morgan fingerprint density at radius 2 is 1.67 bits per heavy atom. The van der Waals surface area contributed by atoms with Crippen molar-refractivity contribution in [3.8, 4) is 5.75 Å². The molecule has 14 heteroatoms. The lowest BCUT2D eigenvalue weighted by Gasteiger charge is -2.35. The van der Waals surface area contributed by atoms with Crippen LogP contribution in [-0.4, -0.2) is 96.2 Å². The molecular formula is C34H39FN4O9. The van der Waals surface area contributed by atoms with Crippen LogP contribution >= 0.6 is 0 Å². The summed E-state index contributed by atoms with van der Waals surface area (Å²) < 4.78 is 30.4. The Kier molecular flexibility index (Phi) is 11.9. The summed E-state index contributed by atoms with van der Waals surface area (Å²) in [7, 11) is 1.16. The number of aliphatic carboxylic acids is 1. The third-order valence-electron chi connectivity index (χ3n) is 7.73. The van der Waals surface area contributed by atoms with E-state index in [0.29, 0.717) is 11.1 Å². The summed E-state index contributed by atoms with van der Waals surface area (Å²) in [5.41, 5.74) is 0.803. The largest absolute Gasteiger partial charge is 0.478 e. The zero-order chi connectivity index (χ0) is 35.0. The second-order valence-electron chi connectivity index (χ2n) is 11.8. The number of aryl methyl sites for hydroxylation is 1. The Morgan fingerprint density at radius 1 is 1.00 bits per heavy atom.